The predicted octanol–water partition coefficient (Wildman–Crippen LogP) is 3.05. The van der Waals surface area contributed by atoms with Gasteiger partial charge in [0.1, 0.15) is 11.5 Å². The average molecular weight is 435 g/mol. The van der Waals surface area contributed by atoms with Crippen molar-refractivity contribution in [3.63, 3.8) is 0 Å². The first kappa shape index (κ1) is 20.9. The third-order valence-corrected chi connectivity index (χ3v) is 4.72. The van der Waals surface area contributed by atoms with Gasteiger partial charge in [-0.25, -0.2) is 4.98 Å². The van der Waals surface area contributed by atoms with Crippen LogP contribution in [-0.4, -0.2) is 39.9 Å². The number of aryl methyl sites for hydroxylation is 1. The van der Waals surface area contributed by atoms with Gasteiger partial charge in [0.05, 0.1) is 26.0 Å². The number of ether oxygens (including phenoxy) is 2. The molecule has 0 bridgehead atoms. The molecule has 0 saturated heterocycles. The second kappa shape index (κ2) is 8.80. The van der Waals surface area contributed by atoms with Crippen LogP contribution in [0.5, 0.6) is 11.5 Å². The first-order chi connectivity index (χ1) is 15.5. The van der Waals surface area contributed by atoms with E-state index in [-0.39, 0.29) is 22.9 Å². The summed E-state index contributed by atoms with van der Waals surface area (Å²) in [7, 11) is 2.95. The van der Waals surface area contributed by atoms with Crippen molar-refractivity contribution in [1.29, 1.82) is 0 Å². The number of amides is 1. The lowest BCUT2D eigenvalue weighted by atomic mass is 10.1. The van der Waals surface area contributed by atoms with Gasteiger partial charge in [0.15, 0.2) is 17.3 Å². The molecule has 10 heteroatoms. The molecule has 0 saturated carbocycles. The lowest BCUT2D eigenvalue weighted by Crippen LogP contribution is -2.19. The van der Waals surface area contributed by atoms with E-state index in [0.717, 1.165) is 0 Å². The molecule has 0 spiro atoms. The summed E-state index contributed by atoms with van der Waals surface area (Å²) in [6.45, 7) is 1.89. The molecule has 0 atom stereocenters. The van der Waals surface area contributed by atoms with Gasteiger partial charge in [-0.1, -0.05) is 13.0 Å². The molecular weight excluding hydrogens is 414 g/mol. The van der Waals surface area contributed by atoms with E-state index in [9.17, 15) is 9.59 Å². The second-order valence-electron chi connectivity index (χ2n) is 6.71. The molecule has 10 nitrogen and oxygen atoms in total. The number of aromatic amines is 1. The number of hydrogen-bond donors (Lipinski definition) is 2. The van der Waals surface area contributed by atoms with Crippen molar-refractivity contribution in [2.75, 3.05) is 19.5 Å². The van der Waals surface area contributed by atoms with Crippen molar-refractivity contribution in [1.82, 2.24) is 19.7 Å². The minimum absolute atomic E-state index is 0.167. The minimum atomic E-state index is -0.457. The van der Waals surface area contributed by atoms with E-state index in [2.05, 4.69) is 20.4 Å². The maximum absolute atomic E-state index is 13.1. The van der Waals surface area contributed by atoms with Gasteiger partial charge in [-0.05, 0) is 30.7 Å². The number of methoxy groups -OCH3 is 2. The number of anilines is 1. The Bertz CT molecular complexity index is 1310. The first-order valence-corrected chi connectivity index (χ1v) is 9.81. The lowest BCUT2D eigenvalue weighted by Gasteiger charge is -2.13. The lowest BCUT2D eigenvalue weighted by molar-refractivity contribution is 0.102. The van der Waals surface area contributed by atoms with Crippen molar-refractivity contribution in [2.24, 2.45) is 0 Å². The Morgan fingerprint density at radius 2 is 2.03 bits per heavy atom. The van der Waals surface area contributed by atoms with Crippen LogP contribution in [0.2, 0.25) is 0 Å². The Balaban J connectivity index is 1.80. The van der Waals surface area contributed by atoms with E-state index in [1.807, 2.05) is 6.92 Å². The SMILES string of the molecule is CCc1cc(=O)[nH]c(-n2nc(-c3ccco3)cc2NC(=O)c2cccc(OC)c2OC)n1. The Hall–Kier alpha value is -4.34. The highest BCUT2D eigenvalue weighted by atomic mass is 16.5. The Morgan fingerprint density at radius 1 is 1.19 bits per heavy atom. The molecular formula is C22H21N5O5. The number of rotatable bonds is 7. The second-order valence-corrected chi connectivity index (χ2v) is 6.71. The summed E-state index contributed by atoms with van der Waals surface area (Å²) in [6.07, 6.45) is 2.08. The van der Waals surface area contributed by atoms with E-state index in [1.165, 1.54) is 31.2 Å². The maximum Gasteiger partial charge on any atom is 0.260 e. The molecule has 164 valence electrons. The quantitative estimate of drug-likeness (QED) is 0.457. The van der Waals surface area contributed by atoms with Crippen molar-refractivity contribution < 1.29 is 18.7 Å². The normalized spacial score (nSPS) is 10.7. The van der Waals surface area contributed by atoms with Gasteiger partial charge in [0, 0.05) is 17.8 Å². The zero-order valence-corrected chi connectivity index (χ0v) is 17.7. The van der Waals surface area contributed by atoms with Crippen LogP contribution >= 0.6 is 0 Å². The van der Waals surface area contributed by atoms with Crippen LogP contribution in [0.15, 0.2) is 57.9 Å². The summed E-state index contributed by atoms with van der Waals surface area (Å²) in [5.74, 6) is 1.20. The number of nitrogens with one attached hydrogen (secondary N) is 2. The molecule has 4 aromatic rings. The van der Waals surface area contributed by atoms with Crippen molar-refractivity contribution in [2.45, 2.75) is 13.3 Å². The smallest absolute Gasteiger partial charge is 0.260 e. The number of benzene rings is 1. The summed E-state index contributed by atoms with van der Waals surface area (Å²) >= 11 is 0. The number of H-pyrrole nitrogens is 1. The third-order valence-electron chi connectivity index (χ3n) is 4.72. The fourth-order valence-electron chi connectivity index (χ4n) is 3.20. The van der Waals surface area contributed by atoms with Gasteiger partial charge < -0.3 is 19.2 Å². The van der Waals surface area contributed by atoms with Crippen LogP contribution in [0.4, 0.5) is 5.82 Å². The van der Waals surface area contributed by atoms with Crippen molar-refractivity contribution in [3.8, 4) is 28.9 Å². The Labute approximate surface area is 182 Å². The summed E-state index contributed by atoms with van der Waals surface area (Å²) in [6, 6.07) is 11.5. The van der Waals surface area contributed by atoms with Gasteiger partial charge in [-0.2, -0.15) is 9.78 Å². The largest absolute Gasteiger partial charge is 0.493 e. The monoisotopic (exact) mass is 435 g/mol. The third kappa shape index (κ3) is 3.97. The van der Waals surface area contributed by atoms with Crippen LogP contribution in [-0.2, 0) is 6.42 Å². The van der Waals surface area contributed by atoms with Gasteiger partial charge in [-0.3, -0.25) is 14.6 Å². The van der Waals surface area contributed by atoms with E-state index in [0.29, 0.717) is 35.1 Å². The van der Waals surface area contributed by atoms with Crippen LogP contribution in [0, 0.1) is 0 Å². The van der Waals surface area contributed by atoms with Crippen LogP contribution < -0.4 is 20.3 Å². The molecule has 0 aliphatic carbocycles. The summed E-state index contributed by atoms with van der Waals surface area (Å²) in [5.41, 5.74) is 0.981. The Morgan fingerprint density at radius 3 is 2.72 bits per heavy atom. The fourth-order valence-corrected chi connectivity index (χ4v) is 3.20. The van der Waals surface area contributed by atoms with Gasteiger partial charge in [-0.15, -0.1) is 0 Å². The van der Waals surface area contributed by atoms with Crippen molar-refractivity contribution in [3.05, 3.63) is 70.3 Å². The molecule has 0 aliphatic heterocycles. The topological polar surface area (TPSA) is 124 Å². The maximum atomic E-state index is 13.1. The molecule has 0 radical (unpaired) electrons. The summed E-state index contributed by atoms with van der Waals surface area (Å²) < 4.78 is 17.4. The molecule has 2 N–H and O–H groups in total. The molecule has 1 amide bonds. The molecule has 3 aromatic heterocycles. The zero-order chi connectivity index (χ0) is 22.7. The average Bonchev–Trinajstić information content (AvgIpc) is 3.48. The number of nitrogens with zero attached hydrogens (tertiary/aromatic N) is 3. The predicted molar refractivity (Wildman–Crippen MR) is 117 cm³/mol. The highest BCUT2D eigenvalue weighted by molar-refractivity contribution is 6.06. The molecule has 0 aliphatic rings. The number of carbonyl (C=O) groups excluding carboxylic acids is 1. The minimum Gasteiger partial charge on any atom is -0.493 e. The van der Waals surface area contributed by atoms with Crippen LogP contribution in [0.1, 0.15) is 23.0 Å². The molecule has 0 unspecified atom stereocenters. The number of para-hydroxylation sites is 1. The van der Waals surface area contributed by atoms with Gasteiger partial charge in [0.2, 0.25) is 5.95 Å². The highest BCUT2D eigenvalue weighted by Crippen LogP contribution is 2.32. The first-order valence-electron chi connectivity index (χ1n) is 9.81. The Kier molecular flexibility index (Phi) is 5.75. The van der Waals surface area contributed by atoms with Gasteiger partial charge in [0.25, 0.3) is 11.5 Å². The van der Waals surface area contributed by atoms with E-state index in [1.54, 1.807) is 36.4 Å². The molecule has 4 rings (SSSR count). The van der Waals surface area contributed by atoms with Crippen LogP contribution in [0.3, 0.4) is 0 Å². The fraction of sp³-hybridized carbons (Fsp3) is 0.182. The molecule has 3 heterocycles. The van der Waals surface area contributed by atoms with Crippen molar-refractivity contribution >= 4 is 11.7 Å². The standard InChI is InChI=1S/C22H21N5O5/c1-4-13-11-19(28)25-22(23-13)27-18(12-15(26-27)16-9-6-10-32-16)24-21(29)14-7-5-8-17(30-2)20(14)31-3/h5-12H,4H2,1-3H3,(H,24,29)(H,23,25,28). The summed E-state index contributed by atoms with van der Waals surface area (Å²) in [4.78, 5) is 32.3. The van der Waals surface area contributed by atoms with E-state index >= 15 is 0 Å². The number of hydrogen-bond acceptors (Lipinski definition) is 7. The van der Waals surface area contributed by atoms with E-state index < -0.39 is 5.91 Å². The highest BCUT2D eigenvalue weighted by Gasteiger charge is 2.21. The van der Waals surface area contributed by atoms with E-state index in [4.69, 9.17) is 13.9 Å². The molecule has 32 heavy (non-hydrogen) atoms. The van der Waals surface area contributed by atoms with Gasteiger partial charge >= 0.3 is 0 Å². The number of furan rings is 1. The molecule has 1 aromatic carbocycles. The zero-order valence-electron chi connectivity index (χ0n) is 17.7. The molecule has 0 fully saturated rings. The summed E-state index contributed by atoms with van der Waals surface area (Å²) in [5, 5.41) is 7.29. The number of aromatic nitrogens is 4. The number of carbonyl (C=O) groups is 1. The van der Waals surface area contributed by atoms with Crippen LogP contribution in [0.25, 0.3) is 17.4 Å².